The Hall–Kier alpha value is -0.910. The predicted molar refractivity (Wildman–Crippen MR) is 83.2 cm³/mol. The molecule has 0 saturated heterocycles. The highest BCUT2D eigenvalue weighted by molar-refractivity contribution is 6.29. The molecule has 1 heterocycles. The number of nitrogens with one attached hydrogen (secondary N) is 1. The molecule has 1 N–H and O–H groups in total. The van der Waals surface area contributed by atoms with E-state index in [4.69, 9.17) is 16.3 Å². The van der Waals surface area contributed by atoms with E-state index in [0.29, 0.717) is 24.2 Å². The Balaban J connectivity index is 2.65. The standard InChI is InChI=1S/C14H25ClN4O/c1-6-20-8-13-17-11(15)7-12(18-13)16-9-14(2,3)10-19(4)5/h7H,6,8-10H2,1-5H3,(H,16,17,18). The van der Waals surface area contributed by atoms with E-state index < -0.39 is 0 Å². The third kappa shape index (κ3) is 6.50. The molecule has 0 atom stereocenters. The van der Waals surface area contributed by atoms with Crippen LogP contribution in [0, 0.1) is 5.41 Å². The predicted octanol–water partition coefficient (Wildman–Crippen LogP) is 2.67. The number of hydrogen-bond donors (Lipinski definition) is 1. The van der Waals surface area contributed by atoms with Crippen molar-refractivity contribution in [3.05, 3.63) is 17.0 Å². The number of hydrogen-bond acceptors (Lipinski definition) is 5. The third-order valence-corrected chi connectivity index (χ3v) is 2.86. The molecule has 0 saturated carbocycles. The highest BCUT2D eigenvalue weighted by Gasteiger charge is 2.19. The Morgan fingerprint density at radius 1 is 1.35 bits per heavy atom. The van der Waals surface area contributed by atoms with Gasteiger partial charge in [-0.25, -0.2) is 9.97 Å². The number of ether oxygens (including phenoxy) is 1. The fourth-order valence-electron chi connectivity index (χ4n) is 2.05. The lowest BCUT2D eigenvalue weighted by Gasteiger charge is -2.28. The van der Waals surface area contributed by atoms with Crippen LogP contribution in [0.4, 0.5) is 5.82 Å². The van der Waals surface area contributed by atoms with E-state index in [2.05, 4.69) is 48.1 Å². The molecule has 0 aliphatic carbocycles. The summed E-state index contributed by atoms with van der Waals surface area (Å²) in [5.74, 6) is 1.35. The van der Waals surface area contributed by atoms with Crippen LogP contribution in [-0.2, 0) is 11.3 Å². The second kappa shape index (κ2) is 7.76. The molecule has 0 aliphatic heterocycles. The van der Waals surface area contributed by atoms with Gasteiger partial charge in [0.1, 0.15) is 17.6 Å². The molecule has 6 heteroatoms. The minimum Gasteiger partial charge on any atom is -0.374 e. The van der Waals surface area contributed by atoms with Crippen molar-refractivity contribution < 1.29 is 4.74 Å². The third-order valence-electron chi connectivity index (χ3n) is 2.67. The maximum atomic E-state index is 6.01. The summed E-state index contributed by atoms with van der Waals surface area (Å²) in [7, 11) is 4.15. The van der Waals surface area contributed by atoms with Crippen molar-refractivity contribution in [1.82, 2.24) is 14.9 Å². The second-order valence-corrected chi connectivity index (χ2v) is 6.27. The largest absolute Gasteiger partial charge is 0.374 e. The molecular formula is C14H25ClN4O. The Labute approximate surface area is 126 Å². The van der Waals surface area contributed by atoms with Gasteiger partial charge in [-0.2, -0.15) is 0 Å². The number of anilines is 1. The van der Waals surface area contributed by atoms with Gasteiger partial charge in [0.2, 0.25) is 0 Å². The van der Waals surface area contributed by atoms with Crippen LogP contribution < -0.4 is 5.32 Å². The summed E-state index contributed by atoms with van der Waals surface area (Å²) in [5, 5.41) is 3.76. The van der Waals surface area contributed by atoms with Crippen molar-refractivity contribution in [2.24, 2.45) is 5.41 Å². The molecule has 0 radical (unpaired) electrons. The van der Waals surface area contributed by atoms with Gasteiger partial charge in [-0.05, 0) is 26.4 Å². The summed E-state index contributed by atoms with van der Waals surface area (Å²) in [4.78, 5) is 10.7. The van der Waals surface area contributed by atoms with Crippen LogP contribution in [-0.4, -0.2) is 48.7 Å². The minimum atomic E-state index is 0.140. The van der Waals surface area contributed by atoms with E-state index in [1.807, 2.05) is 6.92 Å². The van der Waals surface area contributed by atoms with E-state index in [1.54, 1.807) is 6.07 Å². The molecule has 1 aromatic heterocycles. The molecule has 1 aromatic rings. The van der Waals surface area contributed by atoms with E-state index in [-0.39, 0.29) is 5.41 Å². The second-order valence-electron chi connectivity index (χ2n) is 5.88. The summed E-state index contributed by atoms with van der Waals surface area (Å²) < 4.78 is 5.31. The molecule has 0 fully saturated rings. The van der Waals surface area contributed by atoms with Crippen LogP contribution in [0.15, 0.2) is 6.07 Å². The number of rotatable bonds is 8. The van der Waals surface area contributed by atoms with Gasteiger partial charge in [0, 0.05) is 25.8 Å². The fourth-order valence-corrected chi connectivity index (χ4v) is 2.26. The lowest BCUT2D eigenvalue weighted by Crippen LogP contribution is -2.34. The SMILES string of the molecule is CCOCc1nc(Cl)cc(NCC(C)(C)CN(C)C)n1. The summed E-state index contributed by atoms with van der Waals surface area (Å²) >= 11 is 6.01. The molecule has 0 spiro atoms. The van der Waals surface area contributed by atoms with E-state index in [1.165, 1.54) is 0 Å². The van der Waals surface area contributed by atoms with Crippen molar-refractivity contribution in [3.8, 4) is 0 Å². The molecule has 114 valence electrons. The average molecular weight is 301 g/mol. The Morgan fingerprint density at radius 3 is 2.65 bits per heavy atom. The highest BCUT2D eigenvalue weighted by atomic mass is 35.5. The molecule has 0 amide bonds. The number of nitrogens with zero attached hydrogens (tertiary/aromatic N) is 3. The minimum absolute atomic E-state index is 0.140. The van der Waals surface area contributed by atoms with Gasteiger partial charge in [0.05, 0.1) is 0 Å². The molecule has 20 heavy (non-hydrogen) atoms. The first-order valence-electron chi connectivity index (χ1n) is 6.82. The van der Waals surface area contributed by atoms with Gasteiger partial charge in [-0.3, -0.25) is 0 Å². The van der Waals surface area contributed by atoms with Crippen LogP contribution in [0.25, 0.3) is 0 Å². The lowest BCUT2D eigenvalue weighted by molar-refractivity contribution is 0.128. The molecule has 0 bridgehead atoms. The fraction of sp³-hybridized carbons (Fsp3) is 0.714. The molecule has 5 nitrogen and oxygen atoms in total. The summed E-state index contributed by atoms with van der Waals surface area (Å²) in [6.07, 6.45) is 0. The van der Waals surface area contributed by atoms with Crippen LogP contribution in [0.2, 0.25) is 5.15 Å². The highest BCUT2D eigenvalue weighted by Crippen LogP contribution is 2.18. The Kier molecular flexibility index (Phi) is 6.65. The summed E-state index contributed by atoms with van der Waals surface area (Å²) in [6, 6.07) is 1.74. The first kappa shape index (κ1) is 17.1. The van der Waals surface area contributed by atoms with Crippen LogP contribution in [0.5, 0.6) is 0 Å². The van der Waals surface area contributed by atoms with Gasteiger partial charge in [-0.15, -0.1) is 0 Å². The van der Waals surface area contributed by atoms with Gasteiger partial charge in [0.15, 0.2) is 5.82 Å². The zero-order chi connectivity index (χ0) is 15.2. The zero-order valence-corrected chi connectivity index (χ0v) is 13.8. The maximum Gasteiger partial charge on any atom is 0.158 e. The van der Waals surface area contributed by atoms with E-state index >= 15 is 0 Å². The zero-order valence-electron chi connectivity index (χ0n) is 13.0. The van der Waals surface area contributed by atoms with Crippen molar-refractivity contribution in [2.45, 2.75) is 27.4 Å². The summed E-state index contributed by atoms with van der Waals surface area (Å²) in [6.45, 7) is 9.18. The average Bonchev–Trinajstić information content (AvgIpc) is 2.32. The van der Waals surface area contributed by atoms with E-state index in [9.17, 15) is 0 Å². The first-order valence-corrected chi connectivity index (χ1v) is 7.20. The van der Waals surface area contributed by atoms with Crippen LogP contribution in [0.1, 0.15) is 26.6 Å². The van der Waals surface area contributed by atoms with Crippen molar-refractivity contribution in [3.63, 3.8) is 0 Å². The number of aromatic nitrogens is 2. The van der Waals surface area contributed by atoms with Gasteiger partial charge in [-0.1, -0.05) is 25.4 Å². The molecule has 0 aliphatic rings. The molecule has 0 unspecified atom stereocenters. The van der Waals surface area contributed by atoms with Crippen molar-refractivity contribution >= 4 is 17.4 Å². The monoisotopic (exact) mass is 300 g/mol. The smallest absolute Gasteiger partial charge is 0.158 e. The Morgan fingerprint density at radius 2 is 2.05 bits per heavy atom. The number of halogens is 1. The van der Waals surface area contributed by atoms with Crippen molar-refractivity contribution in [2.75, 3.05) is 39.1 Å². The molecular weight excluding hydrogens is 276 g/mol. The van der Waals surface area contributed by atoms with Gasteiger partial charge in [0.25, 0.3) is 0 Å². The quantitative estimate of drug-likeness (QED) is 0.748. The Bertz CT molecular complexity index is 424. The summed E-state index contributed by atoms with van der Waals surface area (Å²) in [5.41, 5.74) is 0.140. The molecule has 0 aromatic carbocycles. The van der Waals surface area contributed by atoms with Crippen LogP contribution in [0.3, 0.4) is 0 Å². The maximum absolute atomic E-state index is 6.01. The topological polar surface area (TPSA) is 50.3 Å². The van der Waals surface area contributed by atoms with Crippen LogP contribution >= 0.6 is 11.6 Å². The lowest BCUT2D eigenvalue weighted by atomic mass is 9.93. The van der Waals surface area contributed by atoms with Crippen molar-refractivity contribution in [1.29, 1.82) is 0 Å². The first-order chi connectivity index (χ1) is 9.32. The van der Waals surface area contributed by atoms with E-state index in [0.717, 1.165) is 18.9 Å². The normalized spacial score (nSPS) is 11.9. The van der Waals surface area contributed by atoms with Gasteiger partial charge < -0.3 is 15.0 Å². The van der Waals surface area contributed by atoms with Gasteiger partial charge >= 0.3 is 0 Å². The molecule has 1 rings (SSSR count).